The molecule has 21 rings (SSSR count). The molecular formula is C106H89BN6. The molecule has 4 aromatic heterocycles. The molecule has 0 spiro atoms. The van der Waals surface area contributed by atoms with Crippen molar-refractivity contribution in [2.75, 3.05) is 9.80 Å². The zero-order chi connectivity index (χ0) is 76.9. The number of rotatable bonds is 8. The van der Waals surface area contributed by atoms with Crippen LogP contribution in [0.2, 0.25) is 0 Å². The van der Waals surface area contributed by atoms with Crippen LogP contribution in [0.5, 0.6) is 0 Å². The Hall–Kier alpha value is -12.8. The molecule has 0 fully saturated rings. The molecule has 0 radical (unpaired) electrons. The van der Waals surface area contributed by atoms with Crippen LogP contribution in [0.25, 0.3) is 132 Å². The van der Waals surface area contributed by atoms with Crippen LogP contribution in [0.15, 0.2) is 322 Å². The van der Waals surface area contributed by atoms with Crippen molar-refractivity contribution >= 4 is 144 Å². The maximum absolute atomic E-state index is 2.64. The standard InChI is InChI=1S/C106H89BN6/c1-103(2,3)68-58-66(59-69(62-68)104(4,5)6)74-32-13-21-42-86(74)112-94-56-54-72(108-88-44-23-19-38-80(88)82-40-29-52-98(101(82)108)110-90-46-25-15-34-76(90)77-35-16-26-47-91(77)110)64-84(94)107-85-65-73(109-89-45-24-20-39-81(89)83-41-30-53-99(102(83)109)111-92-48-27-17-36-78(92)79-37-18-28-49-93(79)111)55-57-95(85)113(97-51-31-50-96(112)100(97)107)87-43-22-14-33-75(87)67-60-70(105(7,8)9)63-71(61-67)106(10,11)12/h13-65H,1-12H3. The predicted molar refractivity (Wildman–Crippen MR) is 483 cm³/mol. The van der Waals surface area contributed by atoms with Crippen molar-refractivity contribution in [1.29, 1.82) is 0 Å². The molecule has 0 bridgehead atoms. The molecule has 546 valence electrons. The molecule has 113 heavy (non-hydrogen) atoms. The van der Waals surface area contributed by atoms with E-state index in [1.165, 1.54) is 126 Å². The first-order chi connectivity index (χ1) is 54.6. The van der Waals surface area contributed by atoms with E-state index >= 15 is 0 Å². The molecule has 0 saturated carbocycles. The van der Waals surface area contributed by atoms with Gasteiger partial charge in [0.05, 0.1) is 66.9 Å². The topological polar surface area (TPSA) is 26.2 Å². The van der Waals surface area contributed by atoms with Crippen molar-refractivity contribution in [2.45, 2.75) is 105 Å². The third-order valence-corrected chi connectivity index (χ3v) is 24.7. The lowest BCUT2D eigenvalue weighted by Gasteiger charge is -2.45. The molecule has 0 N–H and O–H groups in total. The molecule has 7 heteroatoms. The van der Waals surface area contributed by atoms with Gasteiger partial charge in [-0.1, -0.05) is 295 Å². The lowest BCUT2D eigenvalue weighted by Crippen LogP contribution is -2.61. The van der Waals surface area contributed by atoms with E-state index in [9.17, 15) is 0 Å². The SMILES string of the molecule is CC(C)(C)c1cc(-c2ccccc2N2c3ccc(-n4c5ccccc5c5cccc(-n6c7ccccc7c7ccccc76)c54)cc3B3c4cc(-n5c6ccccc6c6cccc(-n7c8ccccc8c8ccccc87)c65)ccc4N(c4ccccc4-c4cc(C(C)(C)C)cc(C(C)(C)C)c4)c4cccc2c43)cc(C(C)(C)C)c1. The monoisotopic (exact) mass is 1460 g/mol. The van der Waals surface area contributed by atoms with Crippen molar-refractivity contribution in [3.63, 3.8) is 0 Å². The lowest BCUT2D eigenvalue weighted by molar-refractivity contribution is 0.568. The van der Waals surface area contributed by atoms with Crippen LogP contribution in [0.4, 0.5) is 34.1 Å². The Morgan fingerprint density at radius 1 is 0.212 bits per heavy atom. The molecule has 0 amide bonds. The van der Waals surface area contributed by atoms with Crippen molar-refractivity contribution in [1.82, 2.24) is 18.3 Å². The Morgan fingerprint density at radius 2 is 0.478 bits per heavy atom. The van der Waals surface area contributed by atoms with E-state index in [1.807, 2.05) is 0 Å². The average Bonchev–Trinajstić information content (AvgIpc) is 0.821. The highest BCUT2D eigenvalue weighted by Gasteiger charge is 2.45. The van der Waals surface area contributed by atoms with E-state index in [-0.39, 0.29) is 28.4 Å². The normalized spacial score (nSPS) is 13.3. The summed E-state index contributed by atoms with van der Waals surface area (Å²) in [4.78, 5) is 5.29. The van der Waals surface area contributed by atoms with Gasteiger partial charge in [0.1, 0.15) is 0 Å². The molecule has 0 aliphatic carbocycles. The second-order valence-electron chi connectivity index (χ2n) is 35.7. The van der Waals surface area contributed by atoms with E-state index in [0.717, 1.165) is 78.9 Å². The fourth-order valence-corrected chi connectivity index (χ4v) is 19.1. The van der Waals surface area contributed by atoms with Gasteiger partial charge in [0.25, 0.3) is 6.71 Å². The van der Waals surface area contributed by atoms with Gasteiger partial charge in [-0.15, -0.1) is 0 Å². The number of aromatic nitrogens is 4. The Labute approximate surface area is 661 Å². The third-order valence-electron chi connectivity index (χ3n) is 24.7. The van der Waals surface area contributed by atoms with Crippen molar-refractivity contribution in [3.8, 4) is 45.0 Å². The van der Waals surface area contributed by atoms with E-state index in [2.05, 4.69) is 433 Å². The highest BCUT2D eigenvalue weighted by molar-refractivity contribution is 7.00. The van der Waals surface area contributed by atoms with E-state index in [1.54, 1.807) is 0 Å². The van der Waals surface area contributed by atoms with Gasteiger partial charge in [-0.25, -0.2) is 0 Å². The van der Waals surface area contributed by atoms with Crippen LogP contribution in [0.3, 0.4) is 0 Å². The van der Waals surface area contributed by atoms with E-state index < -0.39 is 0 Å². The summed E-state index contributed by atoms with van der Waals surface area (Å²) in [6, 6.07) is 123. The maximum atomic E-state index is 2.64. The number of hydrogen-bond donors (Lipinski definition) is 0. The molecule has 0 atom stereocenters. The quantitative estimate of drug-likeness (QED) is 0.142. The predicted octanol–water partition coefficient (Wildman–Crippen LogP) is 26.7. The Balaban J connectivity index is 0.893. The van der Waals surface area contributed by atoms with Crippen LogP contribution in [-0.4, -0.2) is 25.0 Å². The zero-order valence-corrected chi connectivity index (χ0v) is 66.4. The van der Waals surface area contributed by atoms with Gasteiger partial charge >= 0.3 is 0 Å². The van der Waals surface area contributed by atoms with Crippen molar-refractivity contribution < 1.29 is 0 Å². The summed E-state index contributed by atoms with van der Waals surface area (Å²) >= 11 is 0. The first kappa shape index (κ1) is 68.2. The fourth-order valence-electron chi connectivity index (χ4n) is 19.1. The number of para-hydroxylation sites is 10. The van der Waals surface area contributed by atoms with E-state index in [4.69, 9.17) is 0 Å². The first-order valence-corrected chi connectivity index (χ1v) is 40.2. The van der Waals surface area contributed by atoms with Gasteiger partial charge < -0.3 is 28.1 Å². The lowest BCUT2D eigenvalue weighted by atomic mass is 9.33. The molecule has 6 nitrogen and oxygen atoms in total. The van der Waals surface area contributed by atoms with Crippen LogP contribution in [0, 0.1) is 0 Å². The van der Waals surface area contributed by atoms with Crippen molar-refractivity contribution in [2.24, 2.45) is 0 Å². The minimum Gasteiger partial charge on any atom is -0.311 e. The van der Waals surface area contributed by atoms with Gasteiger partial charge in [0, 0.05) is 88.3 Å². The fraction of sp³-hybridized carbons (Fsp3) is 0.151. The summed E-state index contributed by atoms with van der Waals surface area (Å²) in [5, 5.41) is 9.73. The number of anilines is 6. The Morgan fingerprint density at radius 3 is 0.814 bits per heavy atom. The molecule has 0 unspecified atom stereocenters. The summed E-state index contributed by atoms with van der Waals surface area (Å²) < 4.78 is 10.2. The number of benzene rings is 15. The molecule has 15 aromatic carbocycles. The minimum absolute atomic E-state index is 0.112. The summed E-state index contributed by atoms with van der Waals surface area (Å²) in [5.41, 5.74) is 33.7. The average molecular weight is 1460 g/mol. The van der Waals surface area contributed by atoms with Gasteiger partial charge in [-0.2, -0.15) is 0 Å². The van der Waals surface area contributed by atoms with Crippen LogP contribution in [0.1, 0.15) is 105 Å². The van der Waals surface area contributed by atoms with Gasteiger partial charge in [-0.05, 0) is 181 Å². The van der Waals surface area contributed by atoms with Crippen molar-refractivity contribution in [3.05, 3.63) is 344 Å². The first-order valence-electron chi connectivity index (χ1n) is 40.2. The highest BCUT2D eigenvalue weighted by Crippen LogP contribution is 2.52. The number of hydrogen-bond acceptors (Lipinski definition) is 2. The summed E-state index contributed by atoms with van der Waals surface area (Å²) in [5.74, 6) is 0. The number of nitrogens with zero attached hydrogens (tertiary/aromatic N) is 6. The Bertz CT molecular complexity index is 6610. The summed E-state index contributed by atoms with van der Waals surface area (Å²) in [6.45, 7) is 27.9. The third kappa shape index (κ3) is 10.5. The number of fused-ring (bicyclic) bond motifs is 16. The highest BCUT2D eigenvalue weighted by atomic mass is 15.2. The summed E-state index contributed by atoms with van der Waals surface area (Å²) in [6.07, 6.45) is 0. The second kappa shape index (κ2) is 24.8. The molecule has 6 heterocycles. The largest absolute Gasteiger partial charge is 0.311 e. The van der Waals surface area contributed by atoms with Crippen LogP contribution < -0.4 is 26.2 Å². The molecule has 0 saturated heterocycles. The van der Waals surface area contributed by atoms with Crippen LogP contribution in [-0.2, 0) is 21.7 Å². The smallest absolute Gasteiger partial charge is 0.252 e. The van der Waals surface area contributed by atoms with Crippen LogP contribution >= 0.6 is 0 Å². The minimum atomic E-state index is -0.304. The second-order valence-corrected chi connectivity index (χ2v) is 35.7. The Kier molecular flexibility index (Phi) is 15.0. The summed E-state index contributed by atoms with van der Waals surface area (Å²) in [7, 11) is 0. The molecular weight excluding hydrogens is 1370 g/mol. The van der Waals surface area contributed by atoms with Gasteiger partial charge in [-0.3, -0.25) is 0 Å². The van der Waals surface area contributed by atoms with Gasteiger partial charge in [0.15, 0.2) is 0 Å². The maximum Gasteiger partial charge on any atom is 0.252 e. The molecule has 19 aromatic rings. The van der Waals surface area contributed by atoms with E-state index in [0.29, 0.717) is 0 Å². The molecule has 2 aliphatic rings. The zero-order valence-electron chi connectivity index (χ0n) is 66.4. The molecule has 2 aliphatic heterocycles. The van der Waals surface area contributed by atoms with Gasteiger partial charge in [0.2, 0.25) is 0 Å².